The quantitative estimate of drug-likeness (QED) is 0.908. The van der Waals surface area contributed by atoms with E-state index in [9.17, 15) is 9.90 Å². The van der Waals surface area contributed by atoms with Gasteiger partial charge in [-0.25, -0.2) is 0 Å². The van der Waals surface area contributed by atoms with Crippen molar-refractivity contribution in [2.45, 2.75) is 25.7 Å². The number of rotatable bonds is 5. The van der Waals surface area contributed by atoms with Gasteiger partial charge in [0.05, 0.1) is 5.41 Å². The molecule has 0 aliphatic carbocycles. The molecule has 0 aliphatic rings. The van der Waals surface area contributed by atoms with Gasteiger partial charge in [-0.1, -0.05) is 22.0 Å². The standard InChI is InChI=1S/C14H20BrNO2/c1-10-5-6-11(15)9-12(10)14(2,13(17)18)7-8-16(3)4/h5-6,9H,7-8H2,1-4H3,(H,17,18). The lowest BCUT2D eigenvalue weighted by Gasteiger charge is -2.28. The van der Waals surface area contributed by atoms with Crippen LogP contribution in [0.1, 0.15) is 24.5 Å². The Balaban J connectivity index is 3.18. The summed E-state index contributed by atoms with van der Waals surface area (Å²) >= 11 is 3.41. The Kier molecular flexibility index (Phi) is 4.93. The van der Waals surface area contributed by atoms with Crippen molar-refractivity contribution in [1.82, 2.24) is 4.90 Å². The summed E-state index contributed by atoms with van der Waals surface area (Å²) in [6.45, 7) is 4.50. The van der Waals surface area contributed by atoms with E-state index in [0.29, 0.717) is 6.42 Å². The van der Waals surface area contributed by atoms with Crippen molar-refractivity contribution in [1.29, 1.82) is 0 Å². The fraction of sp³-hybridized carbons (Fsp3) is 0.500. The van der Waals surface area contributed by atoms with Crippen molar-refractivity contribution >= 4 is 21.9 Å². The van der Waals surface area contributed by atoms with Gasteiger partial charge >= 0.3 is 5.97 Å². The summed E-state index contributed by atoms with van der Waals surface area (Å²) in [6.07, 6.45) is 0.590. The molecule has 3 nitrogen and oxygen atoms in total. The summed E-state index contributed by atoms with van der Waals surface area (Å²) in [7, 11) is 3.91. The molecule has 0 saturated heterocycles. The fourth-order valence-electron chi connectivity index (χ4n) is 1.99. The van der Waals surface area contributed by atoms with E-state index in [1.54, 1.807) is 6.92 Å². The number of halogens is 1. The van der Waals surface area contributed by atoms with E-state index in [1.807, 2.05) is 44.1 Å². The first-order valence-electron chi connectivity index (χ1n) is 5.92. The molecule has 0 aromatic heterocycles. The molecule has 0 saturated carbocycles. The molecular formula is C14H20BrNO2. The van der Waals surface area contributed by atoms with Gasteiger partial charge in [-0.15, -0.1) is 0 Å². The Labute approximate surface area is 117 Å². The van der Waals surface area contributed by atoms with E-state index in [0.717, 1.165) is 22.1 Å². The number of nitrogens with zero attached hydrogens (tertiary/aromatic N) is 1. The van der Waals surface area contributed by atoms with E-state index in [2.05, 4.69) is 15.9 Å². The summed E-state index contributed by atoms with van der Waals surface area (Å²) < 4.78 is 0.917. The van der Waals surface area contributed by atoms with Crippen molar-refractivity contribution in [2.75, 3.05) is 20.6 Å². The third kappa shape index (κ3) is 3.33. The highest BCUT2D eigenvalue weighted by Crippen LogP contribution is 2.32. The lowest BCUT2D eigenvalue weighted by atomic mass is 9.77. The zero-order valence-electron chi connectivity index (χ0n) is 11.3. The second kappa shape index (κ2) is 5.85. The van der Waals surface area contributed by atoms with Gasteiger partial charge in [0.25, 0.3) is 0 Å². The van der Waals surface area contributed by atoms with Crippen molar-refractivity contribution in [3.63, 3.8) is 0 Å². The third-order valence-electron chi connectivity index (χ3n) is 3.33. The van der Waals surface area contributed by atoms with Crippen molar-refractivity contribution < 1.29 is 9.90 Å². The molecule has 0 radical (unpaired) electrons. The van der Waals surface area contributed by atoms with Crippen LogP contribution < -0.4 is 0 Å². The molecule has 0 bridgehead atoms. The summed E-state index contributed by atoms with van der Waals surface area (Å²) in [5, 5.41) is 9.58. The second-order valence-corrected chi connectivity index (χ2v) is 6.07. The molecule has 0 fully saturated rings. The topological polar surface area (TPSA) is 40.5 Å². The lowest BCUT2D eigenvalue weighted by Crippen LogP contribution is -2.36. The zero-order chi connectivity index (χ0) is 13.9. The Hall–Kier alpha value is -0.870. The summed E-state index contributed by atoms with van der Waals surface area (Å²) in [6, 6.07) is 5.81. The van der Waals surface area contributed by atoms with Gasteiger partial charge < -0.3 is 10.0 Å². The van der Waals surface area contributed by atoms with E-state index in [-0.39, 0.29) is 0 Å². The predicted molar refractivity (Wildman–Crippen MR) is 77.0 cm³/mol. The van der Waals surface area contributed by atoms with Crippen LogP contribution in [0.4, 0.5) is 0 Å². The van der Waals surface area contributed by atoms with Crippen molar-refractivity contribution in [2.24, 2.45) is 0 Å². The summed E-state index contributed by atoms with van der Waals surface area (Å²) in [5.74, 6) is -0.773. The maximum Gasteiger partial charge on any atom is 0.313 e. The molecule has 1 unspecified atom stereocenters. The van der Waals surface area contributed by atoms with Gasteiger partial charge in [-0.3, -0.25) is 4.79 Å². The molecule has 0 heterocycles. The molecule has 0 spiro atoms. The number of aryl methyl sites for hydroxylation is 1. The molecule has 1 atom stereocenters. The zero-order valence-corrected chi connectivity index (χ0v) is 12.9. The van der Waals surface area contributed by atoms with Crippen LogP contribution in [0, 0.1) is 6.92 Å². The van der Waals surface area contributed by atoms with E-state index < -0.39 is 11.4 Å². The van der Waals surface area contributed by atoms with Crippen LogP contribution in [0.2, 0.25) is 0 Å². The van der Waals surface area contributed by atoms with Gasteiger partial charge in [-0.2, -0.15) is 0 Å². The summed E-state index contributed by atoms with van der Waals surface area (Å²) in [4.78, 5) is 13.7. The maximum absolute atomic E-state index is 11.7. The summed E-state index contributed by atoms with van der Waals surface area (Å²) in [5.41, 5.74) is 1.05. The largest absolute Gasteiger partial charge is 0.481 e. The molecule has 0 aliphatic heterocycles. The molecule has 1 N–H and O–H groups in total. The minimum atomic E-state index is -0.849. The highest BCUT2D eigenvalue weighted by atomic mass is 79.9. The first-order chi connectivity index (χ1) is 8.27. The molecule has 18 heavy (non-hydrogen) atoms. The number of carboxylic acids is 1. The van der Waals surface area contributed by atoms with Crippen molar-refractivity contribution in [3.8, 4) is 0 Å². The number of carboxylic acid groups (broad SMARTS) is 1. The molecule has 4 heteroatoms. The van der Waals surface area contributed by atoms with Crippen LogP contribution in [0.5, 0.6) is 0 Å². The van der Waals surface area contributed by atoms with Gasteiger partial charge in [0.1, 0.15) is 0 Å². The van der Waals surface area contributed by atoms with E-state index in [1.165, 1.54) is 0 Å². The normalized spacial score (nSPS) is 14.6. The van der Waals surface area contributed by atoms with Gasteiger partial charge in [0, 0.05) is 4.47 Å². The molecule has 100 valence electrons. The van der Waals surface area contributed by atoms with Crippen LogP contribution in [0.15, 0.2) is 22.7 Å². The second-order valence-electron chi connectivity index (χ2n) is 5.15. The fourth-order valence-corrected chi connectivity index (χ4v) is 2.35. The maximum atomic E-state index is 11.7. The van der Waals surface area contributed by atoms with Gasteiger partial charge in [0.15, 0.2) is 0 Å². The lowest BCUT2D eigenvalue weighted by molar-refractivity contribution is -0.143. The Morgan fingerprint density at radius 2 is 2.06 bits per heavy atom. The molecule has 1 aromatic carbocycles. The molecule has 1 aromatic rings. The Morgan fingerprint density at radius 1 is 1.44 bits per heavy atom. The van der Waals surface area contributed by atoms with Gasteiger partial charge in [0.2, 0.25) is 0 Å². The van der Waals surface area contributed by atoms with Crippen LogP contribution >= 0.6 is 15.9 Å². The molecule has 0 amide bonds. The smallest absolute Gasteiger partial charge is 0.313 e. The number of benzene rings is 1. The van der Waals surface area contributed by atoms with E-state index in [4.69, 9.17) is 0 Å². The predicted octanol–water partition coefficient (Wildman–Crippen LogP) is 3.05. The Morgan fingerprint density at radius 3 is 2.56 bits per heavy atom. The number of hydrogen-bond donors (Lipinski definition) is 1. The first kappa shape index (κ1) is 15.2. The number of hydrogen-bond acceptors (Lipinski definition) is 2. The number of aliphatic carboxylic acids is 1. The highest BCUT2D eigenvalue weighted by Gasteiger charge is 2.36. The minimum Gasteiger partial charge on any atom is -0.481 e. The van der Waals surface area contributed by atoms with Crippen LogP contribution in [0.25, 0.3) is 0 Å². The number of carbonyl (C=O) groups is 1. The minimum absolute atomic E-state index is 0.590. The first-order valence-corrected chi connectivity index (χ1v) is 6.71. The van der Waals surface area contributed by atoms with Crippen LogP contribution in [-0.4, -0.2) is 36.6 Å². The molecule has 1 rings (SSSR count). The highest BCUT2D eigenvalue weighted by molar-refractivity contribution is 9.10. The molecular weight excluding hydrogens is 294 g/mol. The monoisotopic (exact) mass is 313 g/mol. The average Bonchev–Trinajstić information content (AvgIpc) is 2.29. The third-order valence-corrected chi connectivity index (χ3v) is 3.82. The van der Waals surface area contributed by atoms with Crippen molar-refractivity contribution in [3.05, 3.63) is 33.8 Å². The average molecular weight is 314 g/mol. The van der Waals surface area contributed by atoms with E-state index >= 15 is 0 Å². The van der Waals surface area contributed by atoms with Gasteiger partial charge in [-0.05, 0) is 64.2 Å². The van der Waals surface area contributed by atoms with Crippen LogP contribution in [-0.2, 0) is 10.2 Å². The Bertz CT molecular complexity index is 445. The van der Waals surface area contributed by atoms with Crippen LogP contribution in [0.3, 0.4) is 0 Å². The SMILES string of the molecule is Cc1ccc(Br)cc1C(C)(CCN(C)C)C(=O)O.